The molecular formula is C44H27NO. The molecule has 9 aromatic rings. The van der Waals surface area contributed by atoms with E-state index in [0.29, 0.717) is 22.5 Å². The van der Waals surface area contributed by atoms with Crippen molar-refractivity contribution in [3.63, 3.8) is 0 Å². The zero-order valence-corrected chi connectivity index (χ0v) is 24.6. The van der Waals surface area contributed by atoms with Crippen molar-refractivity contribution in [2.24, 2.45) is 0 Å². The van der Waals surface area contributed by atoms with Crippen LogP contribution >= 0.6 is 0 Å². The van der Waals surface area contributed by atoms with Crippen LogP contribution in [0.3, 0.4) is 0 Å². The van der Waals surface area contributed by atoms with Crippen molar-refractivity contribution in [3.05, 3.63) is 164 Å². The first-order chi connectivity index (χ1) is 24.9. The van der Waals surface area contributed by atoms with Gasteiger partial charge in [0.15, 0.2) is 5.58 Å². The summed E-state index contributed by atoms with van der Waals surface area (Å²) in [7, 11) is 0. The first kappa shape index (κ1) is 20.8. The fourth-order valence-electron chi connectivity index (χ4n) is 7.01. The molecule has 214 valence electrons. The van der Waals surface area contributed by atoms with E-state index in [1.54, 1.807) is 4.90 Å². The van der Waals surface area contributed by atoms with Crippen LogP contribution in [0.5, 0.6) is 0 Å². The topological polar surface area (TPSA) is 16.4 Å². The van der Waals surface area contributed by atoms with Crippen molar-refractivity contribution in [1.82, 2.24) is 0 Å². The summed E-state index contributed by atoms with van der Waals surface area (Å²) in [4.78, 5) is 1.75. The Kier molecular flexibility index (Phi) is 4.37. The van der Waals surface area contributed by atoms with Gasteiger partial charge in [-0.05, 0) is 122 Å². The Morgan fingerprint density at radius 1 is 0.457 bits per heavy atom. The van der Waals surface area contributed by atoms with Crippen LogP contribution in [0.4, 0.5) is 17.1 Å². The number of hydrogen-bond acceptors (Lipinski definition) is 2. The molecule has 10 rings (SSSR count). The summed E-state index contributed by atoms with van der Waals surface area (Å²) in [5.41, 5.74) is 9.72. The average molecular weight is 591 g/mol. The summed E-state index contributed by atoms with van der Waals surface area (Å²) >= 11 is 0. The quantitative estimate of drug-likeness (QED) is 0.203. The van der Waals surface area contributed by atoms with E-state index in [9.17, 15) is 0 Å². The summed E-state index contributed by atoms with van der Waals surface area (Å²) in [6.07, 6.45) is 0. The second-order valence-corrected chi connectivity index (χ2v) is 11.8. The highest BCUT2D eigenvalue weighted by Crippen LogP contribution is 2.51. The second-order valence-electron chi connectivity index (χ2n) is 11.8. The molecule has 2 heteroatoms. The molecule has 46 heavy (non-hydrogen) atoms. The predicted octanol–water partition coefficient (Wildman–Crippen LogP) is 12.7. The van der Waals surface area contributed by atoms with Crippen molar-refractivity contribution < 1.29 is 11.3 Å². The molecular weight excluding hydrogens is 558 g/mol. The van der Waals surface area contributed by atoms with Gasteiger partial charge in [0, 0.05) is 22.1 Å². The van der Waals surface area contributed by atoms with E-state index in [1.165, 1.54) is 38.6 Å². The Morgan fingerprint density at radius 3 is 1.89 bits per heavy atom. The van der Waals surface area contributed by atoms with Crippen LogP contribution in [0.25, 0.3) is 76.9 Å². The molecule has 0 fully saturated rings. The summed E-state index contributed by atoms with van der Waals surface area (Å²) < 4.78 is 49.7. The minimum atomic E-state index is -0.435. The van der Waals surface area contributed by atoms with E-state index in [-0.39, 0.29) is 17.8 Å². The molecule has 0 saturated heterocycles. The average Bonchev–Trinajstić information content (AvgIpc) is 3.56. The van der Waals surface area contributed by atoms with Gasteiger partial charge in [0.1, 0.15) is 5.58 Å². The lowest BCUT2D eigenvalue weighted by molar-refractivity contribution is 0.669. The largest absolute Gasteiger partial charge is 0.454 e. The summed E-state index contributed by atoms with van der Waals surface area (Å²) in [5, 5.41) is 6.22. The third-order valence-electron chi connectivity index (χ3n) is 9.22. The molecule has 0 unspecified atom stereocenters. The highest BCUT2D eigenvalue weighted by molar-refractivity contribution is 6.13. The molecule has 0 saturated carbocycles. The number of fused-ring (bicyclic) bond motifs is 9. The Morgan fingerprint density at radius 2 is 1.11 bits per heavy atom. The number of nitrogens with zero attached hydrogens (tertiary/aromatic N) is 1. The zero-order valence-electron chi connectivity index (χ0n) is 29.6. The molecule has 0 aliphatic heterocycles. The van der Waals surface area contributed by atoms with Crippen LogP contribution in [0.1, 0.15) is 6.85 Å². The fourth-order valence-corrected chi connectivity index (χ4v) is 7.01. The summed E-state index contributed by atoms with van der Waals surface area (Å²) in [6, 6.07) is 43.8. The first-order valence-electron chi connectivity index (χ1n) is 17.8. The Balaban J connectivity index is 1.16. The molecule has 1 aromatic heterocycles. The fraction of sp³-hybridized carbons (Fsp3) is 0. The molecule has 2 nitrogen and oxygen atoms in total. The number of para-hydroxylation sites is 3. The van der Waals surface area contributed by atoms with Gasteiger partial charge in [-0.3, -0.25) is 0 Å². The highest BCUT2D eigenvalue weighted by atomic mass is 16.3. The normalized spacial score (nSPS) is 13.4. The monoisotopic (exact) mass is 590 g/mol. The van der Waals surface area contributed by atoms with Gasteiger partial charge >= 0.3 is 0 Å². The number of anilines is 3. The SMILES string of the molecule is [2H]c1c([2H])c([2H])c(N(c2ccc3cc4c(cc3c2)-c2cc3cc(-c5ccccc5)ccc3cc2-4)c2cccc3c2oc2ccccc23)c([2H])c1[2H]. The number of hydrogen-bond donors (Lipinski definition) is 0. The molecule has 1 heterocycles. The molecule has 1 aliphatic carbocycles. The van der Waals surface area contributed by atoms with E-state index in [0.717, 1.165) is 27.1 Å². The second kappa shape index (κ2) is 9.69. The predicted molar refractivity (Wildman–Crippen MR) is 193 cm³/mol. The van der Waals surface area contributed by atoms with Crippen molar-refractivity contribution in [1.29, 1.82) is 0 Å². The molecule has 0 atom stereocenters. The summed E-state index contributed by atoms with van der Waals surface area (Å²) in [5.74, 6) is 0. The molecule has 0 amide bonds. The molecule has 0 spiro atoms. The maximum absolute atomic E-state index is 8.99. The summed E-state index contributed by atoms with van der Waals surface area (Å²) in [6.45, 7) is 0. The Bertz CT molecular complexity index is 2900. The standard InChI is InChI=1S/C44H27NO/c1-3-10-28(11-4-1)29-18-19-30-24-38-39-25-31-20-21-35(23-33(31)27-41(39)40(38)26-32(30)22-29)45(34-12-5-2-6-13-34)42-16-9-15-37-36-14-7-8-17-43(36)46-44(37)42/h1-27H/i2D,5D,6D,12D,13D. The minimum Gasteiger partial charge on any atom is -0.454 e. The molecule has 0 radical (unpaired) electrons. The lowest BCUT2D eigenvalue weighted by atomic mass is 9.77. The van der Waals surface area contributed by atoms with Crippen LogP contribution < -0.4 is 4.90 Å². The van der Waals surface area contributed by atoms with E-state index < -0.39 is 18.1 Å². The van der Waals surface area contributed by atoms with Crippen LogP contribution in [0.2, 0.25) is 0 Å². The van der Waals surface area contributed by atoms with Gasteiger partial charge < -0.3 is 9.32 Å². The Hall–Kier alpha value is -6.12. The van der Waals surface area contributed by atoms with Crippen molar-refractivity contribution in [3.8, 4) is 33.4 Å². The van der Waals surface area contributed by atoms with Crippen LogP contribution in [0, 0.1) is 0 Å². The van der Waals surface area contributed by atoms with E-state index in [2.05, 4.69) is 66.7 Å². The Labute approximate surface area is 273 Å². The number of furan rings is 1. The van der Waals surface area contributed by atoms with Gasteiger partial charge in [0.25, 0.3) is 0 Å². The highest BCUT2D eigenvalue weighted by Gasteiger charge is 2.25. The molecule has 0 bridgehead atoms. The van der Waals surface area contributed by atoms with Crippen molar-refractivity contribution >= 4 is 60.5 Å². The zero-order chi connectivity index (χ0) is 34.5. The van der Waals surface area contributed by atoms with Gasteiger partial charge in [-0.2, -0.15) is 0 Å². The van der Waals surface area contributed by atoms with Gasteiger partial charge in [0.05, 0.1) is 12.5 Å². The number of rotatable bonds is 4. The van der Waals surface area contributed by atoms with Crippen LogP contribution in [-0.4, -0.2) is 0 Å². The molecule has 1 aliphatic rings. The number of benzene rings is 8. The third kappa shape index (κ3) is 3.77. The lowest BCUT2D eigenvalue weighted by Gasteiger charge is -2.28. The van der Waals surface area contributed by atoms with E-state index >= 15 is 0 Å². The van der Waals surface area contributed by atoms with Crippen molar-refractivity contribution in [2.45, 2.75) is 0 Å². The van der Waals surface area contributed by atoms with Gasteiger partial charge in [0.2, 0.25) is 0 Å². The maximum atomic E-state index is 8.99. The van der Waals surface area contributed by atoms with Crippen molar-refractivity contribution in [2.75, 3.05) is 4.90 Å². The lowest BCUT2D eigenvalue weighted by Crippen LogP contribution is -2.10. The van der Waals surface area contributed by atoms with Gasteiger partial charge in [-0.25, -0.2) is 0 Å². The van der Waals surface area contributed by atoms with Gasteiger partial charge in [-0.15, -0.1) is 0 Å². The minimum absolute atomic E-state index is 0.0586. The molecule has 0 N–H and O–H groups in total. The van der Waals surface area contributed by atoms with Gasteiger partial charge in [-0.1, -0.05) is 97.0 Å². The first-order valence-corrected chi connectivity index (χ1v) is 15.3. The van der Waals surface area contributed by atoms with E-state index in [1.807, 2.05) is 66.7 Å². The third-order valence-corrected chi connectivity index (χ3v) is 9.22. The smallest absolute Gasteiger partial charge is 0.159 e. The van der Waals surface area contributed by atoms with Crippen LogP contribution in [-0.2, 0) is 0 Å². The van der Waals surface area contributed by atoms with Crippen LogP contribution in [0.15, 0.2) is 168 Å². The maximum Gasteiger partial charge on any atom is 0.159 e. The molecule has 8 aromatic carbocycles. The van der Waals surface area contributed by atoms with E-state index in [4.69, 9.17) is 11.3 Å².